The number of pyridine rings is 1. The summed E-state index contributed by atoms with van der Waals surface area (Å²) >= 11 is 0. The third-order valence-corrected chi connectivity index (χ3v) is 4.99. The van der Waals surface area contributed by atoms with Crippen LogP contribution in [0.25, 0.3) is 5.65 Å². The molecule has 1 amide bonds. The predicted octanol–water partition coefficient (Wildman–Crippen LogP) is 4.13. The molecule has 4 rings (SSSR count). The number of hydrogen-bond donors (Lipinski definition) is 0. The van der Waals surface area contributed by atoms with Gasteiger partial charge in [0.05, 0.1) is 39.1 Å². The maximum absolute atomic E-state index is 13.4. The number of carbonyl (C=O) groups excluding carboxylic acids is 1. The monoisotopic (exact) mass is 401 g/mol. The van der Waals surface area contributed by atoms with Crippen LogP contribution in [0.15, 0.2) is 79.1 Å². The Labute approximate surface area is 175 Å². The van der Waals surface area contributed by atoms with Crippen molar-refractivity contribution in [3.8, 4) is 11.5 Å². The average molecular weight is 401 g/mol. The number of methoxy groups -OCH3 is 2. The molecule has 0 radical (unpaired) electrons. The Morgan fingerprint density at radius 3 is 2.50 bits per heavy atom. The normalized spacial score (nSPS) is 10.7. The first-order valence-corrected chi connectivity index (χ1v) is 9.67. The maximum atomic E-state index is 13.4. The highest BCUT2D eigenvalue weighted by Gasteiger charge is 2.19. The minimum absolute atomic E-state index is 0.0145. The summed E-state index contributed by atoms with van der Waals surface area (Å²) in [7, 11) is 3.18. The summed E-state index contributed by atoms with van der Waals surface area (Å²) in [6.07, 6.45) is 4.01. The number of para-hydroxylation sites is 1. The molecule has 2 heterocycles. The van der Waals surface area contributed by atoms with Crippen LogP contribution in [0.1, 0.15) is 11.3 Å². The van der Waals surface area contributed by atoms with Crippen molar-refractivity contribution in [2.45, 2.75) is 13.0 Å². The minimum atomic E-state index is -0.0145. The first-order chi connectivity index (χ1) is 14.7. The molecule has 0 saturated carbocycles. The topological polar surface area (TPSA) is 56.1 Å². The molecular formula is C24H23N3O3. The summed E-state index contributed by atoms with van der Waals surface area (Å²) in [5.74, 6) is 1.23. The molecule has 0 spiro atoms. The van der Waals surface area contributed by atoms with Crippen molar-refractivity contribution in [3.63, 3.8) is 0 Å². The van der Waals surface area contributed by atoms with E-state index in [1.54, 1.807) is 19.1 Å². The minimum Gasteiger partial charge on any atom is -0.493 e. The van der Waals surface area contributed by atoms with Crippen LogP contribution in [0.5, 0.6) is 11.5 Å². The van der Waals surface area contributed by atoms with Crippen molar-refractivity contribution in [3.05, 3.63) is 90.4 Å². The molecule has 0 bridgehead atoms. The number of amides is 1. The number of aromatic nitrogens is 2. The molecule has 0 aliphatic heterocycles. The van der Waals surface area contributed by atoms with Crippen molar-refractivity contribution in [1.29, 1.82) is 0 Å². The molecule has 6 nitrogen and oxygen atoms in total. The van der Waals surface area contributed by atoms with Gasteiger partial charge in [-0.1, -0.05) is 30.3 Å². The fourth-order valence-electron chi connectivity index (χ4n) is 3.46. The molecule has 0 unspecified atom stereocenters. The second kappa shape index (κ2) is 8.69. The molecule has 2 aromatic carbocycles. The van der Waals surface area contributed by atoms with Crippen molar-refractivity contribution in [1.82, 2.24) is 9.38 Å². The molecule has 0 aliphatic carbocycles. The van der Waals surface area contributed by atoms with Crippen LogP contribution >= 0.6 is 0 Å². The Morgan fingerprint density at radius 1 is 0.967 bits per heavy atom. The van der Waals surface area contributed by atoms with E-state index in [1.807, 2.05) is 83.5 Å². The third-order valence-electron chi connectivity index (χ3n) is 4.99. The van der Waals surface area contributed by atoms with Gasteiger partial charge in [0, 0.05) is 11.9 Å². The average Bonchev–Trinajstić information content (AvgIpc) is 3.20. The van der Waals surface area contributed by atoms with Gasteiger partial charge in [-0.3, -0.25) is 4.79 Å². The van der Waals surface area contributed by atoms with Crippen LogP contribution in [-0.2, 0) is 17.8 Å². The molecule has 4 aromatic rings. The Bertz CT molecular complexity index is 1150. The van der Waals surface area contributed by atoms with Gasteiger partial charge in [0.25, 0.3) is 0 Å². The number of imidazole rings is 1. The van der Waals surface area contributed by atoms with Gasteiger partial charge in [-0.05, 0) is 42.0 Å². The van der Waals surface area contributed by atoms with E-state index in [0.29, 0.717) is 18.0 Å². The second-order valence-corrected chi connectivity index (χ2v) is 6.86. The fourth-order valence-corrected chi connectivity index (χ4v) is 3.46. The van der Waals surface area contributed by atoms with Gasteiger partial charge in [0.15, 0.2) is 11.5 Å². The lowest BCUT2D eigenvalue weighted by Crippen LogP contribution is -2.32. The first-order valence-electron chi connectivity index (χ1n) is 9.67. The van der Waals surface area contributed by atoms with E-state index in [0.717, 1.165) is 22.6 Å². The van der Waals surface area contributed by atoms with E-state index < -0.39 is 0 Å². The van der Waals surface area contributed by atoms with Crippen molar-refractivity contribution >= 4 is 17.2 Å². The molecule has 0 atom stereocenters. The van der Waals surface area contributed by atoms with Gasteiger partial charge < -0.3 is 18.8 Å². The fraction of sp³-hybridized carbons (Fsp3) is 0.167. The summed E-state index contributed by atoms with van der Waals surface area (Å²) in [6.45, 7) is 0.418. The van der Waals surface area contributed by atoms with Gasteiger partial charge >= 0.3 is 0 Å². The molecule has 30 heavy (non-hydrogen) atoms. The molecule has 0 saturated heterocycles. The number of nitrogens with zero attached hydrogens (tertiary/aromatic N) is 3. The number of ether oxygens (including phenoxy) is 2. The molecule has 0 N–H and O–H groups in total. The molecule has 0 fully saturated rings. The quantitative estimate of drug-likeness (QED) is 0.467. The van der Waals surface area contributed by atoms with E-state index in [2.05, 4.69) is 4.98 Å². The standard InChI is InChI=1S/C24H23N3O3/c1-29-21-12-11-18(14-22(21)30-2)15-24(28)27(19-8-4-3-5-9-19)17-20-16-25-23-10-6-7-13-26(20)23/h3-14,16H,15,17H2,1-2H3. The summed E-state index contributed by atoms with van der Waals surface area (Å²) in [4.78, 5) is 19.6. The van der Waals surface area contributed by atoms with Crippen molar-refractivity contribution in [2.24, 2.45) is 0 Å². The van der Waals surface area contributed by atoms with E-state index in [4.69, 9.17) is 9.47 Å². The van der Waals surface area contributed by atoms with Gasteiger partial charge in [0.1, 0.15) is 5.65 Å². The predicted molar refractivity (Wildman–Crippen MR) is 116 cm³/mol. The van der Waals surface area contributed by atoms with Crippen molar-refractivity contribution in [2.75, 3.05) is 19.1 Å². The van der Waals surface area contributed by atoms with Crippen LogP contribution in [0.4, 0.5) is 5.69 Å². The molecule has 6 heteroatoms. The zero-order chi connectivity index (χ0) is 20.9. The lowest BCUT2D eigenvalue weighted by atomic mass is 10.1. The molecule has 2 aromatic heterocycles. The highest BCUT2D eigenvalue weighted by molar-refractivity contribution is 5.94. The number of carbonyl (C=O) groups is 1. The second-order valence-electron chi connectivity index (χ2n) is 6.86. The number of anilines is 1. The highest BCUT2D eigenvalue weighted by Crippen LogP contribution is 2.28. The lowest BCUT2D eigenvalue weighted by Gasteiger charge is -2.23. The lowest BCUT2D eigenvalue weighted by molar-refractivity contribution is -0.118. The zero-order valence-electron chi connectivity index (χ0n) is 17.0. The number of fused-ring (bicyclic) bond motifs is 1. The molecule has 0 aliphatic rings. The van der Waals surface area contributed by atoms with Gasteiger partial charge in [-0.2, -0.15) is 0 Å². The Morgan fingerprint density at radius 2 is 1.73 bits per heavy atom. The Balaban J connectivity index is 1.64. The number of rotatable bonds is 7. The SMILES string of the molecule is COc1ccc(CC(=O)N(Cc2cnc3ccccn23)c2ccccc2)cc1OC. The van der Waals surface area contributed by atoms with Gasteiger partial charge in [-0.25, -0.2) is 4.98 Å². The maximum Gasteiger partial charge on any atom is 0.231 e. The van der Waals surface area contributed by atoms with Crippen LogP contribution < -0.4 is 14.4 Å². The van der Waals surface area contributed by atoms with Crippen LogP contribution in [0.2, 0.25) is 0 Å². The summed E-state index contributed by atoms with van der Waals surface area (Å²) < 4.78 is 12.7. The van der Waals surface area contributed by atoms with Crippen LogP contribution in [0.3, 0.4) is 0 Å². The first kappa shape index (κ1) is 19.5. The zero-order valence-corrected chi connectivity index (χ0v) is 17.0. The third kappa shape index (κ3) is 3.98. The van der Waals surface area contributed by atoms with Gasteiger partial charge in [-0.15, -0.1) is 0 Å². The summed E-state index contributed by atoms with van der Waals surface area (Å²) in [6, 6.07) is 21.1. The largest absolute Gasteiger partial charge is 0.493 e. The van der Waals surface area contributed by atoms with Crippen LogP contribution in [0, 0.1) is 0 Å². The summed E-state index contributed by atoms with van der Waals surface area (Å²) in [5.41, 5.74) is 3.49. The number of benzene rings is 2. The molecular weight excluding hydrogens is 378 g/mol. The smallest absolute Gasteiger partial charge is 0.231 e. The Kier molecular flexibility index (Phi) is 5.66. The van der Waals surface area contributed by atoms with Gasteiger partial charge in [0.2, 0.25) is 5.91 Å². The van der Waals surface area contributed by atoms with E-state index in [-0.39, 0.29) is 12.3 Å². The van der Waals surface area contributed by atoms with E-state index >= 15 is 0 Å². The molecule has 152 valence electrons. The summed E-state index contributed by atoms with van der Waals surface area (Å²) in [5, 5.41) is 0. The van der Waals surface area contributed by atoms with Crippen LogP contribution in [-0.4, -0.2) is 29.5 Å². The Hall–Kier alpha value is -3.80. The highest BCUT2D eigenvalue weighted by atomic mass is 16.5. The van der Waals surface area contributed by atoms with Crippen molar-refractivity contribution < 1.29 is 14.3 Å². The van der Waals surface area contributed by atoms with E-state index in [1.165, 1.54) is 0 Å². The van der Waals surface area contributed by atoms with E-state index in [9.17, 15) is 4.79 Å². The number of hydrogen-bond acceptors (Lipinski definition) is 4.